The molecule has 0 saturated carbocycles. The summed E-state index contributed by atoms with van der Waals surface area (Å²) in [6.07, 6.45) is -0.118. The molecule has 154 valence electrons. The lowest BCUT2D eigenvalue weighted by Crippen LogP contribution is -2.51. The highest BCUT2D eigenvalue weighted by Gasteiger charge is 2.31. The van der Waals surface area contributed by atoms with Gasteiger partial charge in [-0.05, 0) is 52.0 Å². The lowest BCUT2D eigenvalue weighted by molar-refractivity contribution is -0.159. The Morgan fingerprint density at radius 1 is 1.21 bits per heavy atom. The minimum Gasteiger partial charge on any atom is -0.452 e. The lowest BCUT2D eigenvalue weighted by atomic mass is 9.97. The number of nitrogens with zero attached hydrogens (tertiary/aromatic N) is 1. The molecule has 0 aromatic carbocycles. The number of imide groups is 1. The van der Waals surface area contributed by atoms with Crippen LogP contribution in [0.5, 0.6) is 0 Å². The summed E-state index contributed by atoms with van der Waals surface area (Å²) in [5.41, 5.74) is -0.487. The van der Waals surface area contributed by atoms with Gasteiger partial charge in [0.2, 0.25) is 0 Å². The molecule has 0 bridgehead atoms. The van der Waals surface area contributed by atoms with Gasteiger partial charge in [-0.1, -0.05) is 6.07 Å². The molecule has 4 amide bonds. The normalized spacial score (nSPS) is 16.2. The number of likely N-dealkylation sites (tertiary alicyclic amines) is 1. The van der Waals surface area contributed by atoms with Gasteiger partial charge in [0.25, 0.3) is 11.8 Å². The molecule has 1 aromatic rings. The summed E-state index contributed by atoms with van der Waals surface area (Å²) in [5, 5.41) is 6.62. The number of thiophene rings is 1. The summed E-state index contributed by atoms with van der Waals surface area (Å²) in [6.45, 7) is 7.71. The van der Waals surface area contributed by atoms with E-state index in [1.54, 1.807) is 31.7 Å². The van der Waals surface area contributed by atoms with E-state index in [4.69, 9.17) is 4.74 Å². The van der Waals surface area contributed by atoms with Gasteiger partial charge in [0, 0.05) is 18.6 Å². The molecule has 0 radical (unpaired) electrons. The fourth-order valence-electron chi connectivity index (χ4n) is 2.78. The van der Waals surface area contributed by atoms with Crippen LogP contribution in [-0.2, 0) is 14.3 Å². The van der Waals surface area contributed by atoms with Gasteiger partial charge < -0.3 is 15.0 Å². The number of nitrogens with one attached hydrogen (secondary N) is 2. The second kappa shape index (κ2) is 9.18. The maximum absolute atomic E-state index is 12.3. The smallest absolute Gasteiger partial charge is 0.321 e. The van der Waals surface area contributed by atoms with Gasteiger partial charge in [0.15, 0.2) is 6.10 Å². The Morgan fingerprint density at radius 3 is 2.39 bits per heavy atom. The third kappa shape index (κ3) is 6.33. The van der Waals surface area contributed by atoms with Crippen molar-refractivity contribution in [2.45, 2.75) is 52.2 Å². The van der Waals surface area contributed by atoms with Crippen LogP contribution in [0.3, 0.4) is 0 Å². The monoisotopic (exact) mass is 409 g/mol. The Labute approximate surface area is 168 Å². The SMILES string of the molecule is C[C@H](OC(=O)C1CCN(C(=O)c2cccs2)CC1)C(=O)NC(=O)NC(C)(C)C. The quantitative estimate of drug-likeness (QED) is 0.742. The van der Waals surface area contributed by atoms with Crippen molar-refractivity contribution >= 4 is 35.2 Å². The van der Waals surface area contributed by atoms with Crippen LogP contribution >= 0.6 is 11.3 Å². The Morgan fingerprint density at radius 2 is 1.86 bits per heavy atom. The molecule has 2 heterocycles. The highest BCUT2D eigenvalue weighted by Crippen LogP contribution is 2.22. The van der Waals surface area contributed by atoms with Gasteiger partial charge in [-0.15, -0.1) is 11.3 Å². The molecule has 0 unspecified atom stereocenters. The number of piperidine rings is 1. The number of amides is 4. The van der Waals surface area contributed by atoms with E-state index in [9.17, 15) is 19.2 Å². The first-order valence-electron chi connectivity index (χ1n) is 9.23. The molecule has 9 heteroatoms. The van der Waals surface area contributed by atoms with Crippen molar-refractivity contribution in [1.29, 1.82) is 0 Å². The van der Waals surface area contributed by atoms with E-state index in [0.29, 0.717) is 30.8 Å². The van der Waals surface area contributed by atoms with Crippen molar-refractivity contribution in [2.75, 3.05) is 13.1 Å². The number of hydrogen-bond donors (Lipinski definition) is 2. The van der Waals surface area contributed by atoms with Crippen LogP contribution in [0.25, 0.3) is 0 Å². The van der Waals surface area contributed by atoms with Crippen LogP contribution in [-0.4, -0.2) is 53.4 Å². The van der Waals surface area contributed by atoms with Gasteiger partial charge in [-0.25, -0.2) is 4.79 Å². The first-order chi connectivity index (χ1) is 13.1. The van der Waals surface area contributed by atoms with Crippen LogP contribution in [0.15, 0.2) is 17.5 Å². The molecule has 28 heavy (non-hydrogen) atoms. The van der Waals surface area contributed by atoms with E-state index >= 15 is 0 Å². The van der Waals surface area contributed by atoms with Crippen LogP contribution in [0.4, 0.5) is 4.79 Å². The number of hydrogen-bond acceptors (Lipinski definition) is 6. The lowest BCUT2D eigenvalue weighted by Gasteiger charge is -2.31. The molecular formula is C19H27N3O5S. The zero-order valence-corrected chi connectivity index (χ0v) is 17.4. The van der Waals surface area contributed by atoms with Crippen LogP contribution in [0.2, 0.25) is 0 Å². The molecule has 0 spiro atoms. The number of carbonyl (C=O) groups is 4. The third-order valence-electron chi connectivity index (χ3n) is 4.23. The van der Waals surface area contributed by atoms with Crippen LogP contribution in [0.1, 0.15) is 50.2 Å². The molecule has 1 aromatic heterocycles. The highest BCUT2D eigenvalue weighted by molar-refractivity contribution is 7.12. The predicted molar refractivity (Wildman–Crippen MR) is 105 cm³/mol. The zero-order valence-electron chi connectivity index (χ0n) is 16.6. The Kier molecular flexibility index (Phi) is 7.17. The summed E-state index contributed by atoms with van der Waals surface area (Å²) in [7, 11) is 0. The van der Waals surface area contributed by atoms with E-state index in [-0.39, 0.29) is 11.8 Å². The first-order valence-corrected chi connectivity index (χ1v) is 10.1. The van der Waals surface area contributed by atoms with E-state index in [2.05, 4.69) is 10.6 Å². The molecule has 1 aliphatic heterocycles. The molecule has 1 atom stereocenters. The average Bonchev–Trinajstić information content (AvgIpc) is 3.14. The first kappa shape index (κ1) is 21.9. The van der Waals surface area contributed by atoms with E-state index in [1.165, 1.54) is 18.3 Å². The summed E-state index contributed by atoms with van der Waals surface area (Å²) in [5.74, 6) is -1.56. The molecule has 2 N–H and O–H groups in total. The molecule has 8 nitrogen and oxygen atoms in total. The maximum atomic E-state index is 12.3. The molecule has 1 fully saturated rings. The van der Waals surface area contributed by atoms with Crippen LogP contribution < -0.4 is 10.6 Å². The fraction of sp³-hybridized carbons (Fsp3) is 0.579. The van der Waals surface area contributed by atoms with Crippen molar-refractivity contribution in [3.63, 3.8) is 0 Å². The van der Waals surface area contributed by atoms with E-state index < -0.39 is 29.6 Å². The summed E-state index contributed by atoms with van der Waals surface area (Å²) in [4.78, 5) is 50.8. The fourth-order valence-corrected chi connectivity index (χ4v) is 3.47. The number of carbonyl (C=O) groups excluding carboxylic acids is 4. The molecule has 1 saturated heterocycles. The van der Waals surface area contributed by atoms with E-state index in [1.807, 2.05) is 11.4 Å². The summed E-state index contributed by atoms with van der Waals surface area (Å²) in [6, 6.07) is 2.97. The Balaban J connectivity index is 1.78. The molecular weight excluding hydrogens is 382 g/mol. The maximum Gasteiger partial charge on any atom is 0.321 e. The zero-order chi connectivity index (χ0) is 20.9. The van der Waals surface area contributed by atoms with Crippen molar-refractivity contribution in [1.82, 2.24) is 15.5 Å². The van der Waals surface area contributed by atoms with E-state index in [0.717, 1.165) is 0 Å². The van der Waals surface area contributed by atoms with Crippen molar-refractivity contribution in [3.8, 4) is 0 Å². The van der Waals surface area contributed by atoms with Crippen molar-refractivity contribution in [2.24, 2.45) is 5.92 Å². The number of rotatable bonds is 4. The second-order valence-corrected chi connectivity index (χ2v) is 8.76. The number of urea groups is 1. The third-order valence-corrected chi connectivity index (χ3v) is 5.09. The standard InChI is InChI=1S/C19H27N3O5S/c1-12(15(23)20-18(26)21-19(2,3)4)27-17(25)13-7-9-22(10-8-13)16(24)14-6-5-11-28-14/h5-6,11-13H,7-10H2,1-4H3,(H2,20,21,23,26)/t12-/m0/s1. The van der Waals surface area contributed by atoms with Gasteiger partial charge in [-0.2, -0.15) is 0 Å². The van der Waals surface area contributed by atoms with Gasteiger partial charge >= 0.3 is 12.0 Å². The Bertz CT molecular complexity index is 718. The van der Waals surface area contributed by atoms with Crippen molar-refractivity contribution < 1.29 is 23.9 Å². The molecule has 0 aliphatic carbocycles. The number of esters is 1. The molecule has 1 aliphatic rings. The Hall–Kier alpha value is -2.42. The average molecular weight is 410 g/mol. The summed E-state index contributed by atoms with van der Waals surface area (Å²) < 4.78 is 5.22. The van der Waals surface area contributed by atoms with Gasteiger partial charge in [-0.3, -0.25) is 19.7 Å². The number of ether oxygens (including phenoxy) is 1. The highest BCUT2D eigenvalue weighted by atomic mass is 32.1. The summed E-state index contributed by atoms with van der Waals surface area (Å²) >= 11 is 1.39. The van der Waals surface area contributed by atoms with Crippen LogP contribution in [0, 0.1) is 5.92 Å². The molecule has 2 rings (SSSR count). The predicted octanol–water partition coefficient (Wildman–Crippen LogP) is 2.16. The largest absolute Gasteiger partial charge is 0.452 e. The minimum absolute atomic E-state index is 0.0283. The van der Waals surface area contributed by atoms with Gasteiger partial charge in [0.1, 0.15) is 0 Å². The minimum atomic E-state index is -1.08. The van der Waals surface area contributed by atoms with Crippen molar-refractivity contribution in [3.05, 3.63) is 22.4 Å². The topological polar surface area (TPSA) is 105 Å². The van der Waals surface area contributed by atoms with Gasteiger partial charge in [0.05, 0.1) is 10.8 Å². The second-order valence-electron chi connectivity index (χ2n) is 7.82.